The van der Waals surface area contributed by atoms with Crippen molar-refractivity contribution in [1.82, 2.24) is 4.90 Å². The highest BCUT2D eigenvalue weighted by Gasteiger charge is 2.52. The lowest BCUT2D eigenvalue weighted by molar-refractivity contribution is -0.153. The Bertz CT molecular complexity index is 1160. The number of nitrogens with one attached hydrogen (secondary N) is 1. The first-order valence-electron chi connectivity index (χ1n) is 12.8. The first-order valence-corrected chi connectivity index (χ1v) is 15.3. The zero-order chi connectivity index (χ0) is 26.8. The number of rotatable bonds is 9. The molecule has 1 fully saturated rings. The smallest absolute Gasteiger partial charge is 0.229 e. The van der Waals surface area contributed by atoms with E-state index in [1.165, 1.54) is 0 Å². The van der Waals surface area contributed by atoms with E-state index in [1.807, 2.05) is 56.0 Å². The van der Waals surface area contributed by atoms with Gasteiger partial charge in [0.1, 0.15) is 0 Å². The van der Waals surface area contributed by atoms with Crippen LogP contribution in [-0.4, -0.2) is 38.1 Å². The SMILES string of the molecule is C=CC[C@@]1(C)C[C@H](c2cccc(Cl)c2)[C@@H](C2=CC=C(Cl)CC2)N([C@H](CS(=N)(=O)C(C)C)C(C)C)C1=O. The maximum atomic E-state index is 14.4. The lowest BCUT2D eigenvalue weighted by Gasteiger charge is -2.54. The van der Waals surface area contributed by atoms with Gasteiger partial charge in [-0.05, 0) is 60.9 Å². The summed E-state index contributed by atoms with van der Waals surface area (Å²) in [4.78, 5) is 16.4. The number of nitrogens with zero attached hydrogens (tertiary/aromatic N) is 1. The van der Waals surface area contributed by atoms with Crippen LogP contribution in [0.2, 0.25) is 5.02 Å². The van der Waals surface area contributed by atoms with Crippen molar-refractivity contribution < 1.29 is 9.00 Å². The lowest BCUT2D eigenvalue weighted by Crippen LogP contribution is -2.62. The number of allylic oxidation sites excluding steroid dienone is 4. The summed E-state index contributed by atoms with van der Waals surface area (Å²) in [6, 6.07) is 7.34. The molecule has 2 aliphatic rings. The first-order chi connectivity index (χ1) is 16.8. The van der Waals surface area contributed by atoms with Gasteiger partial charge in [-0.25, -0.2) is 4.21 Å². The summed E-state index contributed by atoms with van der Waals surface area (Å²) in [7, 11) is -2.90. The van der Waals surface area contributed by atoms with Crippen molar-refractivity contribution in [2.75, 3.05) is 5.75 Å². The van der Waals surface area contributed by atoms with Crippen LogP contribution in [0.1, 0.15) is 71.8 Å². The Hall–Kier alpha value is -1.56. The molecule has 0 radical (unpaired) electrons. The molecule has 1 amide bonds. The second-order valence-electron chi connectivity index (χ2n) is 11.2. The summed E-state index contributed by atoms with van der Waals surface area (Å²) in [5.41, 5.74) is 1.56. The van der Waals surface area contributed by atoms with Gasteiger partial charge in [-0.15, -0.1) is 6.58 Å². The molecule has 198 valence electrons. The Morgan fingerprint density at radius 2 is 1.92 bits per heavy atom. The number of carbonyl (C=O) groups excluding carboxylic acids is 1. The molecule has 5 atom stereocenters. The summed E-state index contributed by atoms with van der Waals surface area (Å²) in [5, 5.41) is 1.17. The van der Waals surface area contributed by atoms with Gasteiger partial charge in [0, 0.05) is 37.0 Å². The molecule has 1 aliphatic carbocycles. The highest BCUT2D eigenvalue weighted by molar-refractivity contribution is 7.93. The standard InChI is InChI=1S/C29H40Cl2N2O2S/c1-7-15-29(6)17-25(22-9-8-10-24(31)16-22)27(21-11-13-23(30)14-12-21)33(28(29)34)26(19(2)3)18-36(32,35)20(4)5/h7-11,13,16,19-20,25-27,32H,1,12,14-15,17-18H2,2-6H3/t25-,26-,27-,29+,36?/m1/s1. The third-order valence-electron chi connectivity index (χ3n) is 7.79. The van der Waals surface area contributed by atoms with Crippen LogP contribution >= 0.6 is 23.2 Å². The Kier molecular flexibility index (Phi) is 9.22. The fourth-order valence-electron chi connectivity index (χ4n) is 5.55. The first kappa shape index (κ1) is 29.0. The number of hydrogen-bond acceptors (Lipinski definition) is 3. The lowest BCUT2D eigenvalue weighted by atomic mass is 9.66. The van der Waals surface area contributed by atoms with Crippen LogP contribution in [0.15, 0.2) is 59.7 Å². The van der Waals surface area contributed by atoms with E-state index < -0.39 is 15.1 Å². The molecule has 7 heteroatoms. The maximum absolute atomic E-state index is 14.4. The molecule has 0 spiro atoms. The van der Waals surface area contributed by atoms with Crippen LogP contribution in [0.5, 0.6) is 0 Å². The van der Waals surface area contributed by atoms with E-state index in [2.05, 4.69) is 32.6 Å². The molecular formula is C29H40Cl2N2O2S. The van der Waals surface area contributed by atoms with E-state index >= 15 is 0 Å². The largest absolute Gasteiger partial charge is 0.331 e. The molecule has 0 saturated carbocycles. The molecule has 0 bridgehead atoms. The number of likely N-dealkylation sites (tertiary alicyclic amines) is 1. The number of hydrogen-bond donors (Lipinski definition) is 1. The van der Waals surface area contributed by atoms with Crippen molar-refractivity contribution in [2.24, 2.45) is 11.3 Å². The Balaban J connectivity index is 2.27. The predicted octanol–water partition coefficient (Wildman–Crippen LogP) is 7.93. The Morgan fingerprint density at radius 3 is 2.44 bits per heavy atom. The van der Waals surface area contributed by atoms with E-state index in [0.29, 0.717) is 17.9 Å². The van der Waals surface area contributed by atoms with Crippen LogP contribution < -0.4 is 0 Å². The van der Waals surface area contributed by atoms with Gasteiger partial charge in [0.15, 0.2) is 0 Å². The summed E-state index contributed by atoms with van der Waals surface area (Å²) in [5.74, 6) is 0.214. The van der Waals surface area contributed by atoms with Gasteiger partial charge in [0.25, 0.3) is 0 Å². The van der Waals surface area contributed by atoms with Gasteiger partial charge in [-0.3, -0.25) is 9.57 Å². The molecule has 1 aromatic rings. The number of benzene rings is 1. The second-order valence-corrected chi connectivity index (χ2v) is 14.8. The minimum Gasteiger partial charge on any atom is -0.331 e. The highest BCUT2D eigenvalue weighted by atomic mass is 35.5. The average Bonchev–Trinajstić information content (AvgIpc) is 2.80. The fourth-order valence-corrected chi connectivity index (χ4v) is 7.35. The van der Waals surface area contributed by atoms with Crippen LogP contribution in [0.3, 0.4) is 0 Å². The van der Waals surface area contributed by atoms with Crippen molar-refractivity contribution in [1.29, 1.82) is 4.78 Å². The minimum atomic E-state index is -2.90. The number of carbonyl (C=O) groups is 1. The zero-order valence-electron chi connectivity index (χ0n) is 22.1. The summed E-state index contributed by atoms with van der Waals surface area (Å²) >= 11 is 12.8. The molecule has 1 aromatic carbocycles. The minimum absolute atomic E-state index is 0.00930. The molecule has 36 heavy (non-hydrogen) atoms. The highest BCUT2D eigenvalue weighted by Crippen LogP contribution is 2.49. The molecule has 1 aliphatic heterocycles. The van der Waals surface area contributed by atoms with Gasteiger partial charge in [0.2, 0.25) is 5.91 Å². The zero-order valence-corrected chi connectivity index (χ0v) is 24.4. The number of amides is 1. The van der Waals surface area contributed by atoms with Gasteiger partial charge in [0.05, 0.1) is 17.2 Å². The van der Waals surface area contributed by atoms with Gasteiger partial charge in [-0.1, -0.05) is 82.1 Å². The monoisotopic (exact) mass is 550 g/mol. The molecule has 1 saturated heterocycles. The van der Waals surface area contributed by atoms with Crippen LogP contribution in [0.4, 0.5) is 0 Å². The summed E-state index contributed by atoms with van der Waals surface area (Å²) < 4.78 is 22.1. The second kappa shape index (κ2) is 11.4. The van der Waals surface area contributed by atoms with Crippen molar-refractivity contribution in [3.05, 3.63) is 70.3 Å². The normalized spacial score (nSPS) is 27.5. The van der Waals surface area contributed by atoms with Crippen molar-refractivity contribution in [3.63, 3.8) is 0 Å². The van der Waals surface area contributed by atoms with E-state index in [0.717, 1.165) is 29.0 Å². The van der Waals surface area contributed by atoms with Gasteiger partial charge in [-0.2, -0.15) is 0 Å². The number of halogens is 2. The number of piperidine rings is 1. The van der Waals surface area contributed by atoms with Gasteiger partial charge < -0.3 is 4.90 Å². The Morgan fingerprint density at radius 1 is 1.22 bits per heavy atom. The Labute approximate surface area is 227 Å². The van der Waals surface area contributed by atoms with Crippen LogP contribution in [0, 0.1) is 16.1 Å². The van der Waals surface area contributed by atoms with Crippen LogP contribution in [-0.2, 0) is 14.5 Å². The third-order valence-corrected chi connectivity index (χ3v) is 10.7. The van der Waals surface area contributed by atoms with Crippen LogP contribution in [0.25, 0.3) is 0 Å². The third kappa shape index (κ3) is 6.11. The predicted molar refractivity (Wildman–Crippen MR) is 153 cm³/mol. The van der Waals surface area contributed by atoms with Gasteiger partial charge >= 0.3 is 0 Å². The molecule has 0 aromatic heterocycles. The molecule has 1 unspecified atom stereocenters. The molecular weight excluding hydrogens is 511 g/mol. The average molecular weight is 552 g/mol. The fraction of sp³-hybridized carbons (Fsp3) is 0.552. The van der Waals surface area contributed by atoms with E-state index in [9.17, 15) is 9.00 Å². The summed E-state index contributed by atoms with van der Waals surface area (Å²) in [6.07, 6.45) is 8.49. The van der Waals surface area contributed by atoms with E-state index in [1.54, 1.807) is 0 Å². The maximum Gasteiger partial charge on any atom is 0.229 e. The molecule has 4 nitrogen and oxygen atoms in total. The van der Waals surface area contributed by atoms with E-state index in [4.69, 9.17) is 28.0 Å². The van der Waals surface area contributed by atoms with Crippen molar-refractivity contribution >= 4 is 38.8 Å². The topological polar surface area (TPSA) is 61.2 Å². The van der Waals surface area contributed by atoms with E-state index in [-0.39, 0.29) is 40.8 Å². The molecule has 1 heterocycles. The summed E-state index contributed by atoms with van der Waals surface area (Å²) in [6.45, 7) is 13.7. The molecule has 1 N–H and O–H groups in total. The van der Waals surface area contributed by atoms with Crippen molar-refractivity contribution in [3.8, 4) is 0 Å². The van der Waals surface area contributed by atoms with Crippen molar-refractivity contribution in [2.45, 2.75) is 83.6 Å². The molecule has 3 rings (SSSR count). The quantitative estimate of drug-likeness (QED) is 0.317.